The van der Waals surface area contributed by atoms with Crippen LogP contribution in [-0.4, -0.2) is 53.9 Å². The topological polar surface area (TPSA) is 137 Å². The van der Waals surface area contributed by atoms with Gasteiger partial charge in [0.15, 0.2) is 11.9 Å². The Labute approximate surface area is 207 Å². The molecule has 1 fully saturated rings. The van der Waals surface area contributed by atoms with E-state index in [9.17, 15) is 19.5 Å². The highest BCUT2D eigenvalue weighted by Gasteiger charge is 2.64. The van der Waals surface area contributed by atoms with E-state index < -0.39 is 41.1 Å². The number of rotatable bonds is 7. The van der Waals surface area contributed by atoms with Crippen molar-refractivity contribution in [3.8, 4) is 0 Å². The van der Waals surface area contributed by atoms with Gasteiger partial charge in [-0.25, -0.2) is 14.6 Å². The van der Waals surface area contributed by atoms with Crippen LogP contribution >= 0.6 is 0 Å². The van der Waals surface area contributed by atoms with Gasteiger partial charge in [-0.3, -0.25) is 14.4 Å². The fourth-order valence-corrected chi connectivity index (χ4v) is 4.44. The minimum atomic E-state index is -1.76. The van der Waals surface area contributed by atoms with E-state index in [-0.39, 0.29) is 25.3 Å². The Kier molecular flexibility index (Phi) is 6.82. The van der Waals surface area contributed by atoms with E-state index in [4.69, 9.17) is 13.9 Å². The number of hydrogen-bond acceptors (Lipinski definition) is 8. The molecule has 1 aromatic carbocycles. The molecule has 0 saturated carbocycles. The number of amides is 1. The molecule has 0 aliphatic carbocycles. The molecule has 1 aliphatic rings. The van der Waals surface area contributed by atoms with Crippen LogP contribution < -0.4 is 0 Å². The van der Waals surface area contributed by atoms with Crippen molar-refractivity contribution in [1.82, 2.24) is 19.7 Å². The van der Waals surface area contributed by atoms with E-state index >= 15 is 0 Å². The van der Waals surface area contributed by atoms with Crippen LogP contribution in [0.3, 0.4) is 0 Å². The summed E-state index contributed by atoms with van der Waals surface area (Å²) < 4.78 is 18.3. The number of benzene rings is 1. The van der Waals surface area contributed by atoms with Crippen LogP contribution in [0.4, 0.5) is 4.79 Å². The lowest BCUT2D eigenvalue weighted by Crippen LogP contribution is -2.58. The molecule has 1 N–H and O–H groups in total. The number of esters is 1. The summed E-state index contributed by atoms with van der Waals surface area (Å²) in [4.78, 5) is 45.0. The number of hydrogen-bond donors (Lipinski definition) is 1. The van der Waals surface area contributed by atoms with Crippen LogP contribution in [-0.2, 0) is 32.2 Å². The molecule has 0 spiro atoms. The molecule has 190 valence electrons. The Bertz CT molecular complexity index is 1190. The first-order valence-electron chi connectivity index (χ1n) is 11.4. The number of oxazole rings is 1. The average molecular weight is 497 g/mol. The summed E-state index contributed by atoms with van der Waals surface area (Å²) in [6.07, 6.45) is 4.49. The Hall–Kier alpha value is -4.15. The number of carboxylic acid groups (broad SMARTS) is 1. The standard InChI is InChI=1S/C25H28N4O7/c1-24(2,3)36-22(32)25(15-28-11-7-10-27-28)12-18(21(30)31)20(19-13-26-16-35-19)29(25)23(33)34-14-17-8-5-4-6-9-17/h4-11,13,16,18,20H,12,14-15H2,1-3H3,(H,30,31)/t18-,20-,25-/m1/s1. The Morgan fingerprint density at radius 2 is 1.94 bits per heavy atom. The number of aliphatic carboxylic acids is 1. The summed E-state index contributed by atoms with van der Waals surface area (Å²) in [5, 5.41) is 14.3. The number of carbonyl (C=O) groups excluding carboxylic acids is 2. The van der Waals surface area contributed by atoms with Crippen molar-refractivity contribution in [2.45, 2.75) is 57.5 Å². The molecule has 4 rings (SSSR count). The third kappa shape index (κ3) is 5.09. The van der Waals surface area contributed by atoms with Crippen LogP contribution in [0, 0.1) is 5.92 Å². The third-order valence-electron chi connectivity index (χ3n) is 5.90. The van der Waals surface area contributed by atoms with Gasteiger partial charge in [0.1, 0.15) is 24.0 Å². The van der Waals surface area contributed by atoms with Gasteiger partial charge in [-0.1, -0.05) is 30.3 Å². The summed E-state index contributed by atoms with van der Waals surface area (Å²) in [6.45, 7) is 4.86. The second-order valence-corrected chi connectivity index (χ2v) is 9.64. The van der Waals surface area contributed by atoms with Crippen molar-refractivity contribution in [1.29, 1.82) is 0 Å². The van der Waals surface area contributed by atoms with E-state index in [1.165, 1.54) is 17.1 Å². The van der Waals surface area contributed by atoms with E-state index in [2.05, 4.69) is 10.1 Å². The molecule has 0 bridgehead atoms. The predicted molar refractivity (Wildman–Crippen MR) is 124 cm³/mol. The highest BCUT2D eigenvalue weighted by Crippen LogP contribution is 2.49. The quantitative estimate of drug-likeness (QED) is 0.488. The number of aromatic nitrogens is 3. The van der Waals surface area contributed by atoms with Gasteiger partial charge in [-0.15, -0.1) is 0 Å². The normalized spacial score (nSPS) is 21.8. The summed E-state index contributed by atoms with van der Waals surface area (Å²) in [5.41, 5.74) is -1.93. The maximum Gasteiger partial charge on any atom is 0.411 e. The molecule has 1 saturated heterocycles. The number of likely N-dealkylation sites (tertiary alicyclic amines) is 1. The minimum absolute atomic E-state index is 0.0802. The molecule has 3 aromatic rings. The Morgan fingerprint density at radius 3 is 2.53 bits per heavy atom. The summed E-state index contributed by atoms with van der Waals surface area (Å²) in [6, 6.07) is 9.51. The van der Waals surface area contributed by atoms with Gasteiger partial charge < -0.3 is 19.0 Å². The average Bonchev–Trinajstić information content (AvgIpc) is 3.58. The van der Waals surface area contributed by atoms with Gasteiger partial charge >= 0.3 is 18.0 Å². The van der Waals surface area contributed by atoms with Gasteiger partial charge in [0, 0.05) is 12.4 Å². The molecule has 2 aromatic heterocycles. The van der Waals surface area contributed by atoms with Gasteiger partial charge in [-0.05, 0) is 38.8 Å². The predicted octanol–water partition coefficient (Wildman–Crippen LogP) is 3.44. The second-order valence-electron chi connectivity index (χ2n) is 9.64. The fraction of sp³-hybridized carbons (Fsp3) is 0.400. The molecule has 11 nitrogen and oxygen atoms in total. The highest BCUT2D eigenvalue weighted by molar-refractivity contribution is 5.89. The highest BCUT2D eigenvalue weighted by atomic mass is 16.6. The van der Waals surface area contributed by atoms with E-state index in [1.807, 2.05) is 6.07 Å². The van der Waals surface area contributed by atoms with Crippen molar-refractivity contribution >= 4 is 18.0 Å². The lowest BCUT2D eigenvalue weighted by atomic mass is 9.90. The molecule has 0 radical (unpaired) electrons. The zero-order valence-electron chi connectivity index (χ0n) is 20.2. The van der Waals surface area contributed by atoms with Crippen molar-refractivity contribution in [3.63, 3.8) is 0 Å². The first kappa shape index (κ1) is 25.0. The second kappa shape index (κ2) is 9.84. The number of nitrogens with zero attached hydrogens (tertiary/aromatic N) is 4. The maximum atomic E-state index is 13.8. The van der Waals surface area contributed by atoms with Crippen LogP contribution in [0.25, 0.3) is 0 Å². The molecule has 3 atom stereocenters. The zero-order valence-corrected chi connectivity index (χ0v) is 20.2. The van der Waals surface area contributed by atoms with Crippen LogP contribution in [0.15, 0.2) is 65.8 Å². The van der Waals surface area contributed by atoms with Gasteiger partial charge in [0.2, 0.25) is 0 Å². The van der Waals surface area contributed by atoms with Crippen molar-refractivity contribution in [2.24, 2.45) is 5.92 Å². The smallest absolute Gasteiger partial charge is 0.411 e. The van der Waals surface area contributed by atoms with Crippen LogP contribution in [0.2, 0.25) is 0 Å². The third-order valence-corrected chi connectivity index (χ3v) is 5.90. The van der Waals surface area contributed by atoms with Crippen LogP contribution in [0.1, 0.15) is 44.6 Å². The monoisotopic (exact) mass is 496 g/mol. The largest absolute Gasteiger partial charge is 0.481 e. The van der Waals surface area contributed by atoms with Crippen LogP contribution in [0.5, 0.6) is 0 Å². The fourth-order valence-electron chi connectivity index (χ4n) is 4.44. The SMILES string of the molecule is CC(C)(C)OC(=O)[C@]1(Cn2cccn2)C[C@@H](C(=O)O)[C@H](c2cnco2)N1C(=O)OCc1ccccc1. The van der Waals surface area contributed by atoms with Gasteiger partial charge in [0.25, 0.3) is 0 Å². The van der Waals surface area contributed by atoms with Crippen molar-refractivity contribution in [3.05, 3.63) is 72.7 Å². The Morgan fingerprint density at radius 1 is 1.19 bits per heavy atom. The molecule has 0 unspecified atom stereocenters. The van der Waals surface area contributed by atoms with Crippen molar-refractivity contribution in [2.75, 3.05) is 0 Å². The number of carbonyl (C=O) groups is 3. The van der Waals surface area contributed by atoms with Gasteiger partial charge in [0.05, 0.1) is 18.7 Å². The van der Waals surface area contributed by atoms with E-state index in [0.29, 0.717) is 0 Å². The number of carboxylic acids is 1. The lowest BCUT2D eigenvalue weighted by molar-refractivity contribution is -0.169. The molecule has 1 amide bonds. The Balaban J connectivity index is 1.82. The molecule has 36 heavy (non-hydrogen) atoms. The first-order valence-corrected chi connectivity index (χ1v) is 11.4. The molecular weight excluding hydrogens is 468 g/mol. The zero-order chi connectivity index (χ0) is 25.9. The lowest BCUT2D eigenvalue weighted by Gasteiger charge is -2.39. The first-order chi connectivity index (χ1) is 17.1. The maximum absolute atomic E-state index is 13.8. The van der Waals surface area contributed by atoms with Crippen molar-refractivity contribution < 1.29 is 33.4 Å². The van der Waals surface area contributed by atoms with E-state index in [0.717, 1.165) is 16.9 Å². The molecule has 1 aliphatic heterocycles. The van der Waals surface area contributed by atoms with E-state index in [1.54, 1.807) is 57.3 Å². The van der Waals surface area contributed by atoms with Gasteiger partial charge in [-0.2, -0.15) is 5.10 Å². The summed E-state index contributed by atoms with van der Waals surface area (Å²) in [5.74, 6) is -3.06. The molecule has 11 heteroatoms. The summed E-state index contributed by atoms with van der Waals surface area (Å²) >= 11 is 0. The molecular formula is C25H28N4O7. The molecule has 3 heterocycles. The number of ether oxygens (including phenoxy) is 2. The minimum Gasteiger partial charge on any atom is -0.481 e. The summed E-state index contributed by atoms with van der Waals surface area (Å²) in [7, 11) is 0.